The Morgan fingerprint density at radius 2 is 1.96 bits per heavy atom. The number of phenolic OH excluding ortho intramolecular Hbond substituents is 1. The number of aromatic hydroxyl groups is 1. The zero-order chi connectivity index (χ0) is 19.0. The molecular weight excluding hydrogens is 349 g/mol. The van der Waals surface area contributed by atoms with Gasteiger partial charge in [-0.3, -0.25) is 9.89 Å². The second kappa shape index (κ2) is 6.85. The van der Waals surface area contributed by atoms with E-state index < -0.39 is 6.04 Å². The topological polar surface area (TPSA) is 78.5 Å². The van der Waals surface area contributed by atoms with E-state index in [9.17, 15) is 14.3 Å². The first-order chi connectivity index (χ1) is 13.1. The molecule has 0 aliphatic carbocycles. The number of ether oxygens (including phenoxy) is 1. The van der Waals surface area contributed by atoms with Crippen molar-refractivity contribution in [2.45, 2.75) is 6.04 Å². The molecule has 1 aliphatic rings. The van der Waals surface area contributed by atoms with Crippen LogP contribution < -0.4 is 0 Å². The van der Waals surface area contributed by atoms with E-state index in [-0.39, 0.29) is 17.5 Å². The molecule has 2 N–H and O–H groups in total. The number of amides is 1. The minimum atomic E-state index is -0.448. The Labute approximate surface area is 155 Å². The minimum Gasteiger partial charge on any atom is -0.507 e. The van der Waals surface area contributed by atoms with E-state index in [0.717, 1.165) is 5.56 Å². The van der Waals surface area contributed by atoms with Crippen LogP contribution in [0.3, 0.4) is 0 Å². The molecule has 0 fully saturated rings. The highest BCUT2D eigenvalue weighted by molar-refractivity contribution is 6.00. The van der Waals surface area contributed by atoms with E-state index >= 15 is 0 Å². The number of carbonyl (C=O) groups excluding carboxylic acids is 1. The summed E-state index contributed by atoms with van der Waals surface area (Å²) in [5.74, 6) is -0.474. The van der Waals surface area contributed by atoms with Crippen molar-refractivity contribution in [3.05, 3.63) is 71.2 Å². The van der Waals surface area contributed by atoms with E-state index in [4.69, 9.17) is 4.74 Å². The van der Waals surface area contributed by atoms with Crippen molar-refractivity contribution in [3.63, 3.8) is 0 Å². The number of benzene rings is 2. The molecule has 0 radical (unpaired) electrons. The Balaban J connectivity index is 1.88. The van der Waals surface area contributed by atoms with E-state index in [1.54, 1.807) is 48.4 Å². The molecule has 2 heterocycles. The van der Waals surface area contributed by atoms with Gasteiger partial charge in [0.1, 0.15) is 23.0 Å². The number of para-hydroxylation sites is 1. The average molecular weight is 367 g/mol. The molecule has 0 unspecified atom stereocenters. The van der Waals surface area contributed by atoms with Crippen LogP contribution in [0, 0.1) is 5.82 Å². The number of H-pyrrole nitrogens is 1. The Kier molecular flexibility index (Phi) is 4.37. The van der Waals surface area contributed by atoms with Crippen molar-refractivity contribution >= 4 is 5.91 Å². The van der Waals surface area contributed by atoms with Crippen LogP contribution >= 0.6 is 0 Å². The summed E-state index contributed by atoms with van der Waals surface area (Å²) in [6, 6.07) is 12.4. The molecule has 1 atom stereocenters. The van der Waals surface area contributed by atoms with Crippen LogP contribution in [0.2, 0.25) is 0 Å². The van der Waals surface area contributed by atoms with Crippen LogP contribution in [0.5, 0.6) is 5.75 Å². The van der Waals surface area contributed by atoms with Gasteiger partial charge in [-0.15, -0.1) is 0 Å². The molecule has 0 saturated heterocycles. The third-order valence-electron chi connectivity index (χ3n) is 4.75. The van der Waals surface area contributed by atoms with Gasteiger partial charge in [0.15, 0.2) is 0 Å². The molecular formula is C20H18FN3O3. The number of rotatable bonds is 5. The fraction of sp³-hybridized carbons (Fsp3) is 0.200. The maximum absolute atomic E-state index is 13.4. The van der Waals surface area contributed by atoms with Crippen LogP contribution in [0.15, 0.2) is 48.5 Å². The highest BCUT2D eigenvalue weighted by Crippen LogP contribution is 2.44. The fourth-order valence-corrected chi connectivity index (χ4v) is 3.49. The number of hydrogen-bond acceptors (Lipinski definition) is 4. The first-order valence-electron chi connectivity index (χ1n) is 8.53. The Morgan fingerprint density at radius 3 is 2.67 bits per heavy atom. The number of hydrogen-bond donors (Lipinski definition) is 2. The summed E-state index contributed by atoms with van der Waals surface area (Å²) in [4.78, 5) is 14.6. The molecule has 1 aliphatic heterocycles. The van der Waals surface area contributed by atoms with Gasteiger partial charge in [0.05, 0.1) is 12.6 Å². The van der Waals surface area contributed by atoms with Gasteiger partial charge in [0, 0.05) is 24.8 Å². The normalized spacial score (nSPS) is 16.0. The van der Waals surface area contributed by atoms with Crippen molar-refractivity contribution in [1.29, 1.82) is 0 Å². The molecule has 27 heavy (non-hydrogen) atoms. The number of aromatic amines is 1. The lowest BCUT2D eigenvalue weighted by Crippen LogP contribution is -2.32. The predicted molar refractivity (Wildman–Crippen MR) is 96.8 cm³/mol. The van der Waals surface area contributed by atoms with Gasteiger partial charge >= 0.3 is 0 Å². The molecule has 0 spiro atoms. The van der Waals surface area contributed by atoms with Gasteiger partial charge in [-0.05, 0) is 29.8 Å². The number of halogens is 1. The van der Waals surface area contributed by atoms with Crippen molar-refractivity contribution in [1.82, 2.24) is 15.1 Å². The van der Waals surface area contributed by atoms with E-state index in [1.807, 2.05) is 0 Å². The third-order valence-corrected chi connectivity index (χ3v) is 4.75. The minimum absolute atomic E-state index is 0.0763. The Hall–Kier alpha value is -3.19. The van der Waals surface area contributed by atoms with Gasteiger partial charge in [-0.2, -0.15) is 5.10 Å². The summed E-state index contributed by atoms with van der Waals surface area (Å²) in [7, 11) is 1.57. The number of nitrogens with one attached hydrogen (secondary N) is 1. The predicted octanol–water partition coefficient (Wildman–Crippen LogP) is 3.11. The summed E-state index contributed by atoms with van der Waals surface area (Å²) >= 11 is 0. The van der Waals surface area contributed by atoms with Crippen LogP contribution in [-0.2, 0) is 4.74 Å². The second-order valence-electron chi connectivity index (χ2n) is 6.32. The molecule has 3 aromatic rings. The number of carbonyl (C=O) groups is 1. The summed E-state index contributed by atoms with van der Waals surface area (Å²) in [6.45, 7) is 0.743. The number of phenols is 1. The van der Waals surface area contributed by atoms with Crippen molar-refractivity contribution in [3.8, 4) is 17.0 Å². The smallest absolute Gasteiger partial charge is 0.273 e. The van der Waals surface area contributed by atoms with Gasteiger partial charge in [-0.25, -0.2) is 4.39 Å². The molecule has 2 aromatic carbocycles. The summed E-state index contributed by atoms with van der Waals surface area (Å²) in [5, 5.41) is 17.4. The lowest BCUT2D eigenvalue weighted by Gasteiger charge is -2.26. The highest BCUT2D eigenvalue weighted by atomic mass is 19.1. The summed E-state index contributed by atoms with van der Waals surface area (Å²) in [5.41, 5.74) is 2.84. The molecule has 138 valence electrons. The summed E-state index contributed by atoms with van der Waals surface area (Å²) < 4.78 is 18.6. The summed E-state index contributed by atoms with van der Waals surface area (Å²) in [6.07, 6.45) is 0. The van der Waals surface area contributed by atoms with Crippen molar-refractivity contribution < 1.29 is 19.0 Å². The number of fused-ring (bicyclic) bond motifs is 1. The quantitative estimate of drug-likeness (QED) is 0.726. The third kappa shape index (κ3) is 2.86. The van der Waals surface area contributed by atoms with Gasteiger partial charge < -0.3 is 14.7 Å². The number of aromatic nitrogens is 2. The van der Waals surface area contributed by atoms with Gasteiger partial charge in [-0.1, -0.05) is 24.3 Å². The van der Waals surface area contributed by atoms with Crippen LogP contribution in [0.1, 0.15) is 27.7 Å². The molecule has 0 saturated carbocycles. The van der Waals surface area contributed by atoms with E-state index in [1.165, 1.54) is 12.1 Å². The SMILES string of the molecule is COCCN1C(=O)c2[nH]nc(-c3ccccc3O)c2[C@@H]1c1ccc(F)cc1. The first-order valence-corrected chi connectivity index (χ1v) is 8.53. The number of nitrogens with zero attached hydrogens (tertiary/aromatic N) is 2. The largest absolute Gasteiger partial charge is 0.507 e. The van der Waals surface area contributed by atoms with Crippen molar-refractivity contribution in [2.24, 2.45) is 0 Å². The van der Waals surface area contributed by atoms with Gasteiger partial charge in [0.2, 0.25) is 0 Å². The monoisotopic (exact) mass is 367 g/mol. The average Bonchev–Trinajstić information content (AvgIpc) is 3.21. The Morgan fingerprint density at radius 1 is 1.22 bits per heavy atom. The zero-order valence-electron chi connectivity index (χ0n) is 14.6. The lowest BCUT2D eigenvalue weighted by molar-refractivity contribution is 0.0677. The molecule has 7 heteroatoms. The molecule has 6 nitrogen and oxygen atoms in total. The first kappa shape index (κ1) is 17.2. The standard InChI is InChI=1S/C20H18FN3O3/c1-27-11-10-24-19(12-6-8-13(21)9-7-12)16-17(22-23-18(16)20(24)26)14-4-2-3-5-15(14)25/h2-9,19,25H,10-11H2,1H3,(H,22,23)/t19-/m0/s1. The van der Waals surface area contributed by atoms with E-state index in [0.29, 0.717) is 35.7 Å². The zero-order valence-corrected chi connectivity index (χ0v) is 14.6. The van der Waals surface area contributed by atoms with Crippen molar-refractivity contribution in [2.75, 3.05) is 20.3 Å². The molecule has 1 amide bonds. The van der Waals surface area contributed by atoms with Crippen LogP contribution in [-0.4, -0.2) is 46.4 Å². The lowest BCUT2D eigenvalue weighted by atomic mass is 9.96. The van der Waals surface area contributed by atoms with Crippen LogP contribution in [0.25, 0.3) is 11.3 Å². The second-order valence-corrected chi connectivity index (χ2v) is 6.32. The number of methoxy groups -OCH3 is 1. The molecule has 4 rings (SSSR count). The van der Waals surface area contributed by atoms with Crippen LogP contribution in [0.4, 0.5) is 4.39 Å². The van der Waals surface area contributed by atoms with Gasteiger partial charge in [0.25, 0.3) is 5.91 Å². The maximum atomic E-state index is 13.4. The molecule has 1 aromatic heterocycles. The highest BCUT2D eigenvalue weighted by Gasteiger charge is 2.42. The fourth-order valence-electron chi connectivity index (χ4n) is 3.49. The van der Waals surface area contributed by atoms with E-state index in [2.05, 4.69) is 10.2 Å². The Bertz CT molecular complexity index is 984. The maximum Gasteiger partial charge on any atom is 0.273 e. The molecule has 0 bridgehead atoms.